The maximum absolute atomic E-state index is 13.3. The van der Waals surface area contributed by atoms with E-state index in [2.05, 4.69) is 11.4 Å². The first kappa shape index (κ1) is 22.7. The molecule has 1 atom stereocenters. The van der Waals surface area contributed by atoms with Crippen LogP contribution in [0, 0.1) is 13.8 Å². The molecule has 8 heteroatoms. The van der Waals surface area contributed by atoms with E-state index in [0.29, 0.717) is 11.4 Å². The van der Waals surface area contributed by atoms with Gasteiger partial charge in [0.05, 0.1) is 23.7 Å². The Labute approximate surface area is 194 Å². The van der Waals surface area contributed by atoms with Crippen molar-refractivity contribution in [2.75, 3.05) is 24.0 Å². The lowest BCUT2D eigenvalue weighted by molar-refractivity contribution is -0.127. The van der Waals surface area contributed by atoms with E-state index >= 15 is 0 Å². The molecular formula is C25H26N2O5S. The smallest absolute Gasteiger partial charge is 0.264 e. The quantitative estimate of drug-likeness (QED) is 0.539. The van der Waals surface area contributed by atoms with Gasteiger partial charge in [-0.1, -0.05) is 36.4 Å². The number of carbonyl (C=O) groups excluding carboxylic acids is 1. The summed E-state index contributed by atoms with van der Waals surface area (Å²) in [5, 5.41) is 2.78. The number of benzene rings is 3. The minimum absolute atomic E-state index is 0.127. The number of nitrogens with zero attached hydrogens (tertiary/aromatic N) is 1. The molecule has 0 aliphatic carbocycles. The number of rotatable bonds is 7. The van der Waals surface area contributed by atoms with Gasteiger partial charge in [-0.05, 0) is 61.4 Å². The average Bonchev–Trinajstić information content (AvgIpc) is 2.81. The van der Waals surface area contributed by atoms with Crippen LogP contribution < -0.4 is 19.1 Å². The summed E-state index contributed by atoms with van der Waals surface area (Å²) in [6.45, 7) is 4.41. The number of fused-ring (bicyclic) bond motifs is 1. The number of nitrogens with one attached hydrogen (secondary N) is 1. The molecule has 0 bridgehead atoms. The van der Waals surface area contributed by atoms with Crippen LogP contribution in [-0.4, -0.2) is 40.1 Å². The summed E-state index contributed by atoms with van der Waals surface area (Å²) in [5.74, 6) is 0.682. The highest BCUT2D eigenvalue weighted by Crippen LogP contribution is 2.36. The van der Waals surface area contributed by atoms with Crippen molar-refractivity contribution in [2.45, 2.75) is 24.8 Å². The Morgan fingerprint density at radius 2 is 1.70 bits per heavy atom. The highest BCUT2D eigenvalue weighted by atomic mass is 32.2. The van der Waals surface area contributed by atoms with E-state index < -0.39 is 22.0 Å². The summed E-state index contributed by atoms with van der Waals surface area (Å²) in [7, 11) is -3.86. The number of carbonyl (C=O) groups is 1. The molecule has 172 valence electrons. The van der Waals surface area contributed by atoms with Crippen LogP contribution in [0.5, 0.6) is 11.5 Å². The van der Waals surface area contributed by atoms with Crippen LogP contribution in [0.15, 0.2) is 77.7 Å². The van der Waals surface area contributed by atoms with E-state index in [9.17, 15) is 13.2 Å². The van der Waals surface area contributed by atoms with Gasteiger partial charge in [0.25, 0.3) is 15.9 Å². The van der Waals surface area contributed by atoms with Crippen LogP contribution in [-0.2, 0) is 14.8 Å². The molecule has 0 saturated carbocycles. The number of hydrogen-bond acceptors (Lipinski definition) is 5. The summed E-state index contributed by atoms with van der Waals surface area (Å²) >= 11 is 0. The number of para-hydroxylation sites is 2. The Morgan fingerprint density at radius 1 is 1.03 bits per heavy atom. The molecule has 0 spiro atoms. The van der Waals surface area contributed by atoms with Crippen LogP contribution in [0.1, 0.15) is 11.1 Å². The lowest BCUT2D eigenvalue weighted by atomic mass is 10.1. The number of amides is 1. The molecule has 0 radical (unpaired) electrons. The summed E-state index contributed by atoms with van der Waals surface area (Å²) in [6.07, 6.45) is -0.986. The molecule has 1 aliphatic heterocycles. The molecule has 0 aromatic heterocycles. The van der Waals surface area contributed by atoms with Gasteiger partial charge in [0.15, 0.2) is 6.10 Å². The fourth-order valence-corrected chi connectivity index (χ4v) is 5.26. The minimum Gasteiger partial charge on any atom is -0.492 e. The van der Waals surface area contributed by atoms with E-state index in [4.69, 9.17) is 9.47 Å². The topological polar surface area (TPSA) is 84.9 Å². The van der Waals surface area contributed by atoms with Crippen LogP contribution >= 0.6 is 0 Å². The van der Waals surface area contributed by atoms with Gasteiger partial charge >= 0.3 is 0 Å². The molecule has 4 rings (SSSR count). The van der Waals surface area contributed by atoms with E-state index in [1.165, 1.54) is 16.4 Å². The highest BCUT2D eigenvalue weighted by molar-refractivity contribution is 7.92. The van der Waals surface area contributed by atoms with Crippen molar-refractivity contribution in [3.63, 3.8) is 0 Å². The Bertz CT molecular complexity index is 1220. The zero-order valence-electron chi connectivity index (χ0n) is 18.5. The van der Waals surface area contributed by atoms with E-state index in [-0.39, 0.29) is 24.6 Å². The second-order valence-corrected chi connectivity index (χ2v) is 9.75. The van der Waals surface area contributed by atoms with Gasteiger partial charge in [0, 0.05) is 0 Å². The molecule has 1 aliphatic rings. The molecule has 7 nitrogen and oxygen atoms in total. The van der Waals surface area contributed by atoms with Gasteiger partial charge in [-0.15, -0.1) is 0 Å². The molecule has 1 amide bonds. The molecule has 1 N–H and O–H groups in total. The van der Waals surface area contributed by atoms with Crippen LogP contribution in [0.4, 0.5) is 5.69 Å². The molecule has 1 unspecified atom stereocenters. The third-order valence-corrected chi connectivity index (χ3v) is 7.02. The fraction of sp³-hybridized carbons (Fsp3) is 0.240. The molecule has 0 fully saturated rings. The van der Waals surface area contributed by atoms with Crippen molar-refractivity contribution < 1.29 is 22.7 Å². The Hall–Kier alpha value is -3.52. The Balaban J connectivity index is 1.44. The van der Waals surface area contributed by atoms with Crippen molar-refractivity contribution in [2.24, 2.45) is 0 Å². The monoisotopic (exact) mass is 466 g/mol. The summed E-state index contributed by atoms with van der Waals surface area (Å²) < 4.78 is 39.4. The summed E-state index contributed by atoms with van der Waals surface area (Å²) in [6, 6.07) is 20.9. The third-order valence-electron chi connectivity index (χ3n) is 5.22. The molecule has 0 saturated heterocycles. The zero-order valence-corrected chi connectivity index (χ0v) is 19.3. The van der Waals surface area contributed by atoms with Gasteiger partial charge in [-0.2, -0.15) is 0 Å². The van der Waals surface area contributed by atoms with Crippen molar-refractivity contribution in [3.8, 4) is 11.5 Å². The lowest BCUT2D eigenvalue weighted by Crippen LogP contribution is -2.51. The molecule has 1 heterocycles. The van der Waals surface area contributed by atoms with Gasteiger partial charge in [-0.3, -0.25) is 9.10 Å². The highest BCUT2D eigenvalue weighted by Gasteiger charge is 2.37. The zero-order chi connectivity index (χ0) is 23.4. The first-order valence-electron chi connectivity index (χ1n) is 10.7. The predicted octanol–water partition coefficient (Wildman–Crippen LogP) is 3.45. The summed E-state index contributed by atoms with van der Waals surface area (Å²) in [4.78, 5) is 13.0. The van der Waals surface area contributed by atoms with Gasteiger partial charge in [0.2, 0.25) is 0 Å². The van der Waals surface area contributed by atoms with Crippen molar-refractivity contribution in [3.05, 3.63) is 83.9 Å². The molecule has 33 heavy (non-hydrogen) atoms. The van der Waals surface area contributed by atoms with Crippen molar-refractivity contribution in [1.29, 1.82) is 0 Å². The normalized spacial score (nSPS) is 15.3. The molecule has 3 aromatic carbocycles. The number of sulfonamides is 1. The van der Waals surface area contributed by atoms with Gasteiger partial charge in [-0.25, -0.2) is 8.42 Å². The van der Waals surface area contributed by atoms with Crippen LogP contribution in [0.25, 0.3) is 0 Å². The number of anilines is 1. The first-order valence-corrected chi connectivity index (χ1v) is 12.1. The number of aryl methyl sites for hydroxylation is 2. The van der Waals surface area contributed by atoms with Crippen molar-refractivity contribution in [1.82, 2.24) is 5.32 Å². The number of ether oxygens (including phenoxy) is 2. The predicted molar refractivity (Wildman–Crippen MR) is 126 cm³/mol. The minimum atomic E-state index is -3.86. The third kappa shape index (κ3) is 5.12. The Kier molecular flexibility index (Phi) is 6.55. The summed E-state index contributed by atoms with van der Waals surface area (Å²) in [5.41, 5.74) is 2.61. The SMILES string of the molecule is Cc1cc(C)cc(OCCNC(=O)C2CN(S(=O)(=O)c3ccccc3)c3ccccc3O2)c1. The van der Waals surface area contributed by atoms with E-state index in [1.54, 1.807) is 42.5 Å². The largest absolute Gasteiger partial charge is 0.492 e. The fourth-order valence-electron chi connectivity index (χ4n) is 3.76. The van der Waals surface area contributed by atoms with Crippen LogP contribution in [0.2, 0.25) is 0 Å². The molecular weight excluding hydrogens is 440 g/mol. The van der Waals surface area contributed by atoms with E-state index in [1.807, 2.05) is 26.0 Å². The van der Waals surface area contributed by atoms with Gasteiger partial charge < -0.3 is 14.8 Å². The standard InChI is InChI=1S/C25H26N2O5S/c1-18-14-19(2)16-20(15-18)31-13-12-26-25(28)24-17-27(22-10-6-7-11-23(22)32-24)33(29,30)21-8-4-3-5-9-21/h3-11,14-16,24H,12-13,17H2,1-2H3,(H,26,28). The first-order chi connectivity index (χ1) is 15.8. The second-order valence-electron chi connectivity index (χ2n) is 7.89. The maximum atomic E-state index is 13.3. The van der Waals surface area contributed by atoms with Crippen LogP contribution in [0.3, 0.4) is 0 Å². The number of hydrogen-bond donors (Lipinski definition) is 1. The Morgan fingerprint density at radius 3 is 2.42 bits per heavy atom. The molecule has 3 aromatic rings. The lowest BCUT2D eigenvalue weighted by Gasteiger charge is -2.34. The maximum Gasteiger partial charge on any atom is 0.264 e. The average molecular weight is 467 g/mol. The van der Waals surface area contributed by atoms with Crippen molar-refractivity contribution >= 4 is 21.6 Å². The van der Waals surface area contributed by atoms with Gasteiger partial charge in [0.1, 0.15) is 18.1 Å². The second kappa shape index (κ2) is 9.54. The van der Waals surface area contributed by atoms with E-state index in [0.717, 1.165) is 16.9 Å².